The van der Waals surface area contributed by atoms with Crippen molar-refractivity contribution in [3.05, 3.63) is 33.8 Å². The molecule has 0 saturated heterocycles. The van der Waals surface area contributed by atoms with Gasteiger partial charge in [-0.1, -0.05) is 36.2 Å². The highest BCUT2D eigenvalue weighted by atomic mass is 35.5. The molecule has 5 heteroatoms. The van der Waals surface area contributed by atoms with Crippen molar-refractivity contribution in [1.82, 2.24) is 5.32 Å². The molecular formula is C13H17Cl2NO2. The van der Waals surface area contributed by atoms with E-state index in [0.717, 1.165) is 6.42 Å². The molecule has 1 N–H and O–H groups in total. The standard InChI is InChI=1S/C13H17Cl2NO2/c1-4-8(2)16-12(13(17)18-3)11-9(14)6-5-7-10(11)15/h5-8,12,16H,4H2,1-3H3. The van der Waals surface area contributed by atoms with Gasteiger partial charge in [0.1, 0.15) is 6.04 Å². The molecule has 0 aliphatic rings. The fourth-order valence-electron chi connectivity index (χ4n) is 1.58. The first-order chi connectivity index (χ1) is 8.51. The third kappa shape index (κ3) is 3.61. The van der Waals surface area contributed by atoms with Crippen molar-refractivity contribution < 1.29 is 9.53 Å². The van der Waals surface area contributed by atoms with Crippen LogP contribution in [0.4, 0.5) is 0 Å². The lowest BCUT2D eigenvalue weighted by Crippen LogP contribution is -2.36. The molecule has 0 aliphatic carbocycles. The third-order valence-corrected chi connectivity index (χ3v) is 3.45. The summed E-state index contributed by atoms with van der Waals surface area (Å²) in [7, 11) is 1.35. The van der Waals surface area contributed by atoms with E-state index in [9.17, 15) is 4.79 Å². The predicted molar refractivity (Wildman–Crippen MR) is 74.1 cm³/mol. The van der Waals surface area contributed by atoms with Gasteiger partial charge in [-0.25, -0.2) is 4.79 Å². The number of hydrogen-bond donors (Lipinski definition) is 1. The van der Waals surface area contributed by atoms with Crippen LogP contribution < -0.4 is 5.32 Å². The lowest BCUT2D eigenvalue weighted by atomic mass is 10.1. The average Bonchev–Trinajstić information content (AvgIpc) is 2.36. The van der Waals surface area contributed by atoms with Crippen LogP contribution >= 0.6 is 23.2 Å². The monoisotopic (exact) mass is 289 g/mol. The number of esters is 1. The predicted octanol–water partition coefficient (Wildman–Crippen LogP) is 3.60. The Balaban J connectivity index is 3.13. The highest BCUT2D eigenvalue weighted by Crippen LogP contribution is 2.31. The van der Waals surface area contributed by atoms with Crippen LogP contribution in [0, 0.1) is 0 Å². The van der Waals surface area contributed by atoms with Crippen LogP contribution in [0.1, 0.15) is 31.9 Å². The molecule has 0 aliphatic heterocycles. The first-order valence-corrected chi connectivity index (χ1v) is 6.54. The van der Waals surface area contributed by atoms with Crippen LogP contribution in [-0.2, 0) is 9.53 Å². The van der Waals surface area contributed by atoms with Crippen molar-refractivity contribution in [3.8, 4) is 0 Å². The fraction of sp³-hybridized carbons (Fsp3) is 0.462. The summed E-state index contributed by atoms with van der Waals surface area (Å²) < 4.78 is 4.80. The normalized spacial score (nSPS) is 14.1. The number of hydrogen-bond acceptors (Lipinski definition) is 3. The third-order valence-electron chi connectivity index (χ3n) is 2.79. The van der Waals surface area contributed by atoms with Gasteiger partial charge in [-0.3, -0.25) is 5.32 Å². The molecule has 3 nitrogen and oxygen atoms in total. The molecule has 0 saturated carbocycles. The van der Waals surface area contributed by atoms with E-state index in [1.54, 1.807) is 18.2 Å². The Bertz CT molecular complexity index is 403. The van der Waals surface area contributed by atoms with E-state index in [1.807, 2.05) is 13.8 Å². The molecule has 18 heavy (non-hydrogen) atoms. The number of halogens is 2. The summed E-state index contributed by atoms with van der Waals surface area (Å²) in [5.41, 5.74) is 0.563. The first kappa shape index (κ1) is 15.3. The number of carbonyl (C=O) groups excluding carboxylic acids is 1. The summed E-state index contributed by atoms with van der Waals surface area (Å²) in [5, 5.41) is 4.08. The zero-order valence-corrected chi connectivity index (χ0v) is 12.2. The van der Waals surface area contributed by atoms with Gasteiger partial charge in [0, 0.05) is 21.7 Å². The van der Waals surface area contributed by atoms with E-state index in [-0.39, 0.29) is 6.04 Å². The first-order valence-electron chi connectivity index (χ1n) is 5.79. The van der Waals surface area contributed by atoms with Gasteiger partial charge in [0.15, 0.2) is 0 Å². The molecule has 0 amide bonds. The van der Waals surface area contributed by atoms with Gasteiger partial charge < -0.3 is 4.74 Å². The summed E-state index contributed by atoms with van der Waals surface area (Å²) in [6, 6.07) is 4.66. The number of rotatable bonds is 5. The summed E-state index contributed by atoms with van der Waals surface area (Å²) in [6.07, 6.45) is 0.884. The van der Waals surface area contributed by atoms with Crippen LogP contribution in [0.3, 0.4) is 0 Å². The number of carbonyl (C=O) groups is 1. The lowest BCUT2D eigenvalue weighted by molar-refractivity contribution is -0.143. The number of ether oxygens (including phenoxy) is 1. The summed E-state index contributed by atoms with van der Waals surface area (Å²) in [5.74, 6) is -0.398. The average molecular weight is 290 g/mol. The SMILES string of the molecule is CCC(C)NC(C(=O)OC)c1c(Cl)cccc1Cl. The van der Waals surface area contributed by atoms with Crippen molar-refractivity contribution in [1.29, 1.82) is 0 Å². The van der Waals surface area contributed by atoms with Gasteiger partial charge in [-0.15, -0.1) is 0 Å². The number of nitrogens with one attached hydrogen (secondary N) is 1. The molecule has 0 bridgehead atoms. The Hall–Kier alpha value is -0.770. The molecule has 0 radical (unpaired) electrons. The minimum absolute atomic E-state index is 0.154. The molecule has 1 aromatic rings. The summed E-state index contributed by atoms with van der Waals surface area (Å²) in [4.78, 5) is 11.9. The quantitative estimate of drug-likeness (QED) is 0.842. The van der Waals surface area contributed by atoms with Crippen LogP contribution in [-0.4, -0.2) is 19.1 Å². The van der Waals surface area contributed by atoms with Gasteiger partial charge in [0.05, 0.1) is 7.11 Å². The minimum Gasteiger partial charge on any atom is -0.468 e. The van der Waals surface area contributed by atoms with Crippen molar-refractivity contribution >= 4 is 29.2 Å². The summed E-state index contributed by atoms with van der Waals surface area (Å²) >= 11 is 12.2. The maximum Gasteiger partial charge on any atom is 0.327 e. The van der Waals surface area contributed by atoms with E-state index >= 15 is 0 Å². The van der Waals surface area contributed by atoms with Crippen molar-refractivity contribution in [2.75, 3.05) is 7.11 Å². The molecule has 1 rings (SSSR count). The second kappa shape index (κ2) is 6.98. The second-order valence-electron chi connectivity index (χ2n) is 4.07. The van der Waals surface area contributed by atoms with Gasteiger partial charge in [0.25, 0.3) is 0 Å². The summed E-state index contributed by atoms with van der Waals surface area (Å²) in [6.45, 7) is 4.01. The van der Waals surface area contributed by atoms with Crippen LogP contribution in [0.25, 0.3) is 0 Å². The van der Waals surface area contributed by atoms with E-state index in [2.05, 4.69) is 5.32 Å². The highest BCUT2D eigenvalue weighted by molar-refractivity contribution is 6.36. The molecule has 100 valence electrons. The Kier molecular flexibility index (Phi) is 5.93. The zero-order valence-electron chi connectivity index (χ0n) is 10.7. The van der Waals surface area contributed by atoms with E-state index in [0.29, 0.717) is 15.6 Å². The fourth-order valence-corrected chi connectivity index (χ4v) is 2.19. The van der Waals surface area contributed by atoms with Crippen LogP contribution in [0.15, 0.2) is 18.2 Å². The molecule has 1 aromatic carbocycles. The second-order valence-corrected chi connectivity index (χ2v) is 4.88. The molecule has 2 unspecified atom stereocenters. The lowest BCUT2D eigenvalue weighted by Gasteiger charge is -2.22. The van der Waals surface area contributed by atoms with E-state index in [1.165, 1.54) is 7.11 Å². The van der Waals surface area contributed by atoms with Crippen molar-refractivity contribution in [2.45, 2.75) is 32.4 Å². The minimum atomic E-state index is -0.647. The molecular weight excluding hydrogens is 273 g/mol. The number of benzene rings is 1. The Labute approximate surface area is 117 Å². The van der Waals surface area contributed by atoms with E-state index in [4.69, 9.17) is 27.9 Å². The largest absolute Gasteiger partial charge is 0.468 e. The highest BCUT2D eigenvalue weighted by Gasteiger charge is 2.26. The van der Waals surface area contributed by atoms with Crippen molar-refractivity contribution in [3.63, 3.8) is 0 Å². The molecule has 0 heterocycles. The van der Waals surface area contributed by atoms with Crippen LogP contribution in [0.5, 0.6) is 0 Å². The van der Waals surface area contributed by atoms with Crippen molar-refractivity contribution in [2.24, 2.45) is 0 Å². The maximum absolute atomic E-state index is 11.9. The zero-order chi connectivity index (χ0) is 13.7. The van der Waals surface area contributed by atoms with Gasteiger partial charge >= 0.3 is 5.97 Å². The topological polar surface area (TPSA) is 38.3 Å². The van der Waals surface area contributed by atoms with E-state index < -0.39 is 12.0 Å². The molecule has 2 atom stereocenters. The number of methoxy groups -OCH3 is 1. The Morgan fingerprint density at radius 2 is 1.94 bits per heavy atom. The molecule has 0 fully saturated rings. The Morgan fingerprint density at radius 3 is 2.39 bits per heavy atom. The van der Waals surface area contributed by atoms with Gasteiger partial charge in [-0.2, -0.15) is 0 Å². The smallest absolute Gasteiger partial charge is 0.327 e. The molecule has 0 spiro atoms. The van der Waals surface area contributed by atoms with Gasteiger partial charge in [-0.05, 0) is 25.5 Å². The molecule has 0 aromatic heterocycles. The Morgan fingerprint density at radius 1 is 1.39 bits per heavy atom. The maximum atomic E-state index is 11.9. The van der Waals surface area contributed by atoms with Gasteiger partial charge in [0.2, 0.25) is 0 Å². The van der Waals surface area contributed by atoms with Crippen LogP contribution in [0.2, 0.25) is 10.0 Å².